The molecule has 0 aliphatic carbocycles. The van der Waals surface area contributed by atoms with E-state index >= 15 is 0 Å². The number of anilines is 1. The Labute approximate surface area is 114 Å². The number of nitrogens with zero attached hydrogens (tertiary/aromatic N) is 2. The minimum absolute atomic E-state index is 0.166. The first-order valence-electron chi connectivity index (χ1n) is 5.06. The van der Waals surface area contributed by atoms with Crippen molar-refractivity contribution in [1.82, 2.24) is 10.2 Å². The van der Waals surface area contributed by atoms with Crippen LogP contribution in [0.4, 0.5) is 18.3 Å². The van der Waals surface area contributed by atoms with Crippen molar-refractivity contribution < 1.29 is 18.0 Å². The van der Waals surface area contributed by atoms with Gasteiger partial charge in [-0.25, -0.2) is 0 Å². The highest BCUT2D eigenvalue weighted by molar-refractivity contribution is 7.15. The lowest BCUT2D eigenvalue weighted by atomic mass is 10.2. The molecule has 102 valence electrons. The van der Waals surface area contributed by atoms with Crippen molar-refractivity contribution in [1.29, 1.82) is 0 Å². The van der Waals surface area contributed by atoms with Gasteiger partial charge in [-0.1, -0.05) is 11.3 Å². The molecule has 2 heterocycles. The average molecular weight is 307 g/mol. The zero-order chi connectivity index (χ0) is 14.2. The Morgan fingerprint density at radius 2 is 2.00 bits per heavy atom. The number of aromatic nitrogens is 2. The lowest BCUT2D eigenvalue weighted by molar-refractivity contribution is -0.138. The van der Waals surface area contributed by atoms with Crippen LogP contribution in [0, 0.1) is 13.8 Å². The summed E-state index contributed by atoms with van der Waals surface area (Å²) in [6, 6.07) is 0. The van der Waals surface area contributed by atoms with Crippen molar-refractivity contribution in [2.45, 2.75) is 20.0 Å². The SMILES string of the molecule is Cc1scc(C(=O)Nc2nnc(C(F)(F)F)s2)c1C. The molecule has 9 heteroatoms. The van der Waals surface area contributed by atoms with E-state index in [1.807, 2.05) is 6.92 Å². The third kappa shape index (κ3) is 2.92. The van der Waals surface area contributed by atoms with Gasteiger partial charge in [0.25, 0.3) is 5.91 Å². The van der Waals surface area contributed by atoms with Gasteiger partial charge < -0.3 is 0 Å². The number of hydrogen-bond donors (Lipinski definition) is 1. The van der Waals surface area contributed by atoms with Gasteiger partial charge in [0.15, 0.2) is 0 Å². The summed E-state index contributed by atoms with van der Waals surface area (Å²) < 4.78 is 37.0. The fourth-order valence-electron chi connectivity index (χ4n) is 1.29. The Hall–Kier alpha value is -1.48. The van der Waals surface area contributed by atoms with Crippen LogP contribution in [0.5, 0.6) is 0 Å². The van der Waals surface area contributed by atoms with Gasteiger partial charge in [0.2, 0.25) is 10.1 Å². The van der Waals surface area contributed by atoms with E-state index < -0.39 is 17.1 Å². The van der Waals surface area contributed by atoms with E-state index in [0.717, 1.165) is 10.4 Å². The number of halogens is 3. The van der Waals surface area contributed by atoms with Crippen LogP contribution in [0.3, 0.4) is 0 Å². The molecule has 0 bridgehead atoms. The number of rotatable bonds is 2. The minimum Gasteiger partial charge on any atom is -0.296 e. The molecule has 2 rings (SSSR count). The molecule has 0 aliphatic rings. The highest BCUT2D eigenvalue weighted by Gasteiger charge is 2.35. The molecule has 0 fully saturated rings. The molecule has 1 N–H and O–H groups in total. The minimum atomic E-state index is -4.55. The van der Waals surface area contributed by atoms with E-state index in [1.54, 1.807) is 12.3 Å². The molecule has 2 aromatic rings. The summed E-state index contributed by atoms with van der Waals surface area (Å²) in [6.45, 7) is 3.64. The first kappa shape index (κ1) is 13.9. The highest BCUT2D eigenvalue weighted by atomic mass is 32.1. The van der Waals surface area contributed by atoms with E-state index in [9.17, 15) is 18.0 Å². The van der Waals surface area contributed by atoms with E-state index in [1.165, 1.54) is 11.3 Å². The van der Waals surface area contributed by atoms with E-state index in [2.05, 4.69) is 15.5 Å². The van der Waals surface area contributed by atoms with Gasteiger partial charge in [0.05, 0.1) is 5.56 Å². The topological polar surface area (TPSA) is 54.9 Å². The normalized spacial score (nSPS) is 11.6. The second-order valence-electron chi connectivity index (χ2n) is 3.69. The van der Waals surface area contributed by atoms with Gasteiger partial charge in [0.1, 0.15) is 0 Å². The molecule has 0 saturated carbocycles. The fourth-order valence-corrected chi connectivity index (χ4v) is 2.76. The number of carbonyl (C=O) groups is 1. The number of thiophene rings is 1. The second-order valence-corrected chi connectivity index (χ2v) is 5.76. The summed E-state index contributed by atoms with van der Waals surface area (Å²) in [5.41, 5.74) is 1.24. The molecule has 0 atom stereocenters. The maximum Gasteiger partial charge on any atom is 0.445 e. The first-order chi connectivity index (χ1) is 8.79. The molecule has 0 radical (unpaired) electrons. The number of alkyl halides is 3. The van der Waals surface area contributed by atoms with Crippen molar-refractivity contribution in [2.75, 3.05) is 5.32 Å². The van der Waals surface area contributed by atoms with Crippen molar-refractivity contribution in [2.24, 2.45) is 0 Å². The zero-order valence-electron chi connectivity index (χ0n) is 9.83. The predicted molar refractivity (Wildman–Crippen MR) is 66.7 cm³/mol. The van der Waals surface area contributed by atoms with Gasteiger partial charge >= 0.3 is 6.18 Å². The van der Waals surface area contributed by atoms with Gasteiger partial charge in [-0.05, 0) is 19.4 Å². The van der Waals surface area contributed by atoms with Crippen LogP contribution in [0.1, 0.15) is 25.8 Å². The number of carbonyl (C=O) groups excluding carboxylic acids is 1. The molecular formula is C10H8F3N3OS2. The Morgan fingerprint density at radius 1 is 1.32 bits per heavy atom. The average Bonchev–Trinajstić information content (AvgIpc) is 2.87. The summed E-state index contributed by atoms with van der Waals surface area (Å²) >= 11 is 1.71. The lowest BCUT2D eigenvalue weighted by Crippen LogP contribution is -2.12. The lowest BCUT2D eigenvalue weighted by Gasteiger charge is -2.00. The molecule has 4 nitrogen and oxygen atoms in total. The summed E-state index contributed by atoms with van der Waals surface area (Å²) in [5.74, 6) is -0.480. The van der Waals surface area contributed by atoms with Crippen molar-refractivity contribution in [3.63, 3.8) is 0 Å². The molecule has 0 saturated heterocycles. The van der Waals surface area contributed by atoms with Crippen LogP contribution in [0.15, 0.2) is 5.38 Å². The smallest absolute Gasteiger partial charge is 0.296 e. The number of nitrogens with one attached hydrogen (secondary N) is 1. The van der Waals surface area contributed by atoms with Gasteiger partial charge in [0, 0.05) is 10.3 Å². The first-order valence-corrected chi connectivity index (χ1v) is 6.75. The molecular weight excluding hydrogens is 299 g/mol. The maximum absolute atomic E-state index is 12.3. The summed E-state index contributed by atoms with van der Waals surface area (Å²) in [4.78, 5) is 12.8. The number of hydrogen-bond acceptors (Lipinski definition) is 5. The molecule has 0 unspecified atom stereocenters. The number of amides is 1. The number of aryl methyl sites for hydroxylation is 1. The zero-order valence-corrected chi connectivity index (χ0v) is 11.5. The summed E-state index contributed by atoms with van der Waals surface area (Å²) in [5, 5.41) is 9.03. The Morgan fingerprint density at radius 3 is 2.47 bits per heavy atom. The Kier molecular flexibility index (Phi) is 3.59. The Bertz CT molecular complexity index is 618. The monoisotopic (exact) mass is 307 g/mol. The third-order valence-electron chi connectivity index (χ3n) is 2.42. The van der Waals surface area contributed by atoms with Crippen LogP contribution in [0.2, 0.25) is 0 Å². The molecule has 0 aliphatic heterocycles. The van der Waals surface area contributed by atoms with Gasteiger partial charge in [-0.2, -0.15) is 13.2 Å². The van der Waals surface area contributed by atoms with Gasteiger partial charge in [-0.3, -0.25) is 10.1 Å². The maximum atomic E-state index is 12.3. The van der Waals surface area contributed by atoms with Crippen molar-refractivity contribution in [3.05, 3.63) is 26.4 Å². The third-order valence-corrected chi connectivity index (χ3v) is 4.32. The fraction of sp³-hybridized carbons (Fsp3) is 0.300. The Balaban J connectivity index is 2.16. The van der Waals surface area contributed by atoms with Crippen LogP contribution in [-0.2, 0) is 6.18 Å². The van der Waals surface area contributed by atoms with Crippen LogP contribution in [-0.4, -0.2) is 16.1 Å². The molecule has 19 heavy (non-hydrogen) atoms. The van der Waals surface area contributed by atoms with Crippen molar-refractivity contribution >= 4 is 33.7 Å². The summed E-state index contributed by atoms with van der Waals surface area (Å²) in [7, 11) is 0. The molecule has 0 spiro atoms. The molecule has 0 aromatic carbocycles. The second kappa shape index (κ2) is 4.89. The van der Waals surface area contributed by atoms with E-state index in [4.69, 9.17) is 0 Å². The van der Waals surface area contributed by atoms with Crippen LogP contribution >= 0.6 is 22.7 Å². The molecule has 1 amide bonds. The van der Waals surface area contributed by atoms with E-state index in [-0.39, 0.29) is 5.13 Å². The van der Waals surface area contributed by atoms with Crippen LogP contribution < -0.4 is 5.32 Å². The largest absolute Gasteiger partial charge is 0.445 e. The van der Waals surface area contributed by atoms with Crippen LogP contribution in [0.25, 0.3) is 0 Å². The predicted octanol–water partition coefficient (Wildman–Crippen LogP) is 3.49. The van der Waals surface area contributed by atoms with E-state index in [0.29, 0.717) is 16.9 Å². The molecule has 2 aromatic heterocycles. The van der Waals surface area contributed by atoms with Crippen molar-refractivity contribution in [3.8, 4) is 0 Å². The highest BCUT2D eigenvalue weighted by Crippen LogP contribution is 2.33. The standard InChI is InChI=1S/C10H8F3N3OS2/c1-4-5(2)18-3-6(4)7(17)14-9-16-15-8(19-9)10(11,12)13/h3H,1-2H3,(H,14,16,17). The van der Waals surface area contributed by atoms with Gasteiger partial charge in [-0.15, -0.1) is 21.5 Å². The summed E-state index contributed by atoms with van der Waals surface area (Å²) in [6.07, 6.45) is -4.55. The quantitative estimate of drug-likeness (QED) is 0.924.